The van der Waals surface area contributed by atoms with Gasteiger partial charge in [-0.2, -0.15) is 0 Å². The average molecular weight is 294 g/mol. The first-order chi connectivity index (χ1) is 10.2. The first kappa shape index (κ1) is 15.9. The maximum absolute atomic E-state index is 13.1. The Bertz CT molecular complexity index is 467. The van der Waals surface area contributed by atoms with Gasteiger partial charge in [-0.25, -0.2) is 4.39 Å². The number of nitrogens with zero attached hydrogens (tertiary/aromatic N) is 1. The van der Waals surface area contributed by atoms with Crippen molar-refractivity contribution in [3.8, 4) is 0 Å². The van der Waals surface area contributed by atoms with Crippen LogP contribution in [0.1, 0.15) is 18.4 Å². The van der Waals surface area contributed by atoms with Crippen molar-refractivity contribution in [2.24, 2.45) is 0 Å². The summed E-state index contributed by atoms with van der Waals surface area (Å²) in [6.45, 7) is 3.33. The van der Waals surface area contributed by atoms with Crippen LogP contribution in [0.15, 0.2) is 24.3 Å². The summed E-state index contributed by atoms with van der Waals surface area (Å²) in [4.78, 5) is 14.3. The molecular formula is C16H23FN2O2. The standard InChI is InChI=1S/C16H23FN2O2/c1-21-9-8-19-7-3-6-15(19)12-18-16(20)11-13-4-2-5-14(17)10-13/h2,4-5,10,15H,3,6-9,11-12H2,1H3,(H,18,20)/t15-/m0/s1. The third-order valence-corrected chi connectivity index (χ3v) is 3.87. The Morgan fingerprint density at radius 2 is 2.38 bits per heavy atom. The fourth-order valence-corrected chi connectivity index (χ4v) is 2.76. The molecule has 0 unspecified atom stereocenters. The number of nitrogens with one attached hydrogen (secondary N) is 1. The summed E-state index contributed by atoms with van der Waals surface area (Å²) in [6.07, 6.45) is 2.49. The lowest BCUT2D eigenvalue weighted by atomic mass is 10.1. The van der Waals surface area contributed by atoms with Gasteiger partial charge < -0.3 is 10.1 Å². The van der Waals surface area contributed by atoms with E-state index in [1.807, 2.05) is 0 Å². The van der Waals surface area contributed by atoms with Crippen LogP contribution in [-0.4, -0.2) is 50.2 Å². The Morgan fingerprint density at radius 3 is 3.14 bits per heavy atom. The third-order valence-electron chi connectivity index (χ3n) is 3.87. The topological polar surface area (TPSA) is 41.6 Å². The highest BCUT2D eigenvalue weighted by Gasteiger charge is 2.24. The van der Waals surface area contributed by atoms with Crippen LogP contribution in [-0.2, 0) is 16.0 Å². The highest BCUT2D eigenvalue weighted by molar-refractivity contribution is 5.78. The van der Waals surface area contributed by atoms with E-state index in [0.717, 1.165) is 25.9 Å². The molecular weight excluding hydrogens is 271 g/mol. The Labute approximate surface area is 125 Å². The number of likely N-dealkylation sites (tertiary alicyclic amines) is 1. The second-order valence-electron chi connectivity index (χ2n) is 5.44. The molecule has 1 saturated heterocycles. The van der Waals surface area contributed by atoms with Gasteiger partial charge in [0, 0.05) is 26.2 Å². The lowest BCUT2D eigenvalue weighted by Gasteiger charge is -2.24. The van der Waals surface area contributed by atoms with Gasteiger partial charge in [-0.1, -0.05) is 12.1 Å². The van der Waals surface area contributed by atoms with Crippen LogP contribution in [0.2, 0.25) is 0 Å². The van der Waals surface area contributed by atoms with Crippen LogP contribution < -0.4 is 5.32 Å². The molecule has 0 aromatic heterocycles. The van der Waals surface area contributed by atoms with E-state index < -0.39 is 0 Å². The summed E-state index contributed by atoms with van der Waals surface area (Å²) >= 11 is 0. The number of hydrogen-bond donors (Lipinski definition) is 1. The molecule has 1 N–H and O–H groups in total. The smallest absolute Gasteiger partial charge is 0.224 e. The summed E-state index contributed by atoms with van der Waals surface area (Å²) in [7, 11) is 1.70. The van der Waals surface area contributed by atoms with Crippen molar-refractivity contribution in [2.75, 3.05) is 33.4 Å². The second kappa shape index (κ2) is 8.10. The predicted octanol–water partition coefficient (Wildman–Crippen LogP) is 1.60. The van der Waals surface area contributed by atoms with Gasteiger partial charge in [0.15, 0.2) is 0 Å². The monoisotopic (exact) mass is 294 g/mol. The van der Waals surface area contributed by atoms with E-state index in [9.17, 15) is 9.18 Å². The molecule has 1 aliphatic rings. The van der Waals surface area contributed by atoms with E-state index in [2.05, 4.69) is 10.2 Å². The van der Waals surface area contributed by atoms with Gasteiger partial charge in [0.25, 0.3) is 0 Å². The van der Waals surface area contributed by atoms with Crippen LogP contribution >= 0.6 is 0 Å². The lowest BCUT2D eigenvalue weighted by Crippen LogP contribution is -2.41. The summed E-state index contributed by atoms with van der Waals surface area (Å²) in [5.41, 5.74) is 0.704. The second-order valence-corrected chi connectivity index (χ2v) is 5.44. The molecule has 4 nitrogen and oxygen atoms in total. The zero-order valence-corrected chi connectivity index (χ0v) is 12.5. The fourth-order valence-electron chi connectivity index (χ4n) is 2.76. The summed E-state index contributed by atoms with van der Waals surface area (Å²) in [5, 5.41) is 2.96. The van der Waals surface area contributed by atoms with Crippen LogP contribution in [0.25, 0.3) is 0 Å². The Hall–Kier alpha value is -1.46. The van der Waals surface area contributed by atoms with E-state index in [-0.39, 0.29) is 18.1 Å². The molecule has 0 saturated carbocycles. The highest BCUT2D eigenvalue weighted by Crippen LogP contribution is 2.15. The first-order valence-electron chi connectivity index (χ1n) is 7.43. The number of hydrogen-bond acceptors (Lipinski definition) is 3. The third kappa shape index (κ3) is 5.10. The van der Waals surface area contributed by atoms with Crippen molar-refractivity contribution in [3.05, 3.63) is 35.6 Å². The maximum atomic E-state index is 13.1. The number of carbonyl (C=O) groups is 1. The summed E-state index contributed by atoms with van der Waals surface area (Å²) in [6, 6.07) is 6.56. The van der Waals surface area contributed by atoms with Gasteiger partial charge in [-0.3, -0.25) is 9.69 Å². The Balaban J connectivity index is 1.75. The zero-order chi connectivity index (χ0) is 15.1. The van der Waals surface area contributed by atoms with Gasteiger partial charge in [0.2, 0.25) is 5.91 Å². The number of methoxy groups -OCH3 is 1. The number of amides is 1. The van der Waals surface area contributed by atoms with Crippen LogP contribution in [0.4, 0.5) is 4.39 Å². The number of ether oxygens (including phenoxy) is 1. The molecule has 0 spiro atoms. The SMILES string of the molecule is COCCN1CCC[C@H]1CNC(=O)Cc1cccc(F)c1. The van der Waals surface area contributed by atoms with Gasteiger partial charge in [0.05, 0.1) is 13.0 Å². The van der Waals surface area contributed by atoms with Crippen molar-refractivity contribution in [3.63, 3.8) is 0 Å². The van der Waals surface area contributed by atoms with E-state index in [1.54, 1.807) is 19.2 Å². The molecule has 1 aromatic carbocycles. The quantitative estimate of drug-likeness (QED) is 0.830. The molecule has 1 aromatic rings. The molecule has 1 atom stereocenters. The van der Waals surface area contributed by atoms with E-state index in [4.69, 9.17) is 4.74 Å². The molecule has 1 fully saturated rings. The Kier molecular flexibility index (Phi) is 6.14. The minimum Gasteiger partial charge on any atom is -0.383 e. The minimum atomic E-state index is -0.304. The molecule has 1 aliphatic heterocycles. The van der Waals surface area contributed by atoms with Crippen molar-refractivity contribution >= 4 is 5.91 Å². The summed E-state index contributed by atoms with van der Waals surface area (Å²) in [5.74, 6) is -0.360. The lowest BCUT2D eigenvalue weighted by molar-refractivity contribution is -0.120. The van der Waals surface area contributed by atoms with Crippen molar-refractivity contribution in [1.82, 2.24) is 10.2 Å². The minimum absolute atomic E-state index is 0.0563. The molecule has 0 bridgehead atoms. The number of halogens is 1. The zero-order valence-electron chi connectivity index (χ0n) is 12.5. The first-order valence-corrected chi connectivity index (χ1v) is 7.43. The molecule has 1 amide bonds. The van der Waals surface area contributed by atoms with Crippen LogP contribution in [0, 0.1) is 5.82 Å². The van der Waals surface area contributed by atoms with Crippen molar-refractivity contribution in [2.45, 2.75) is 25.3 Å². The maximum Gasteiger partial charge on any atom is 0.224 e. The Morgan fingerprint density at radius 1 is 1.52 bits per heavy atom. The van der Waals surface area contributed by atoms with Crippen molar-refractivity contribution in [1.29, 1.82) is 0 Å². The molecule has 0 aliphatic carbocycles. The van der Waals surface area contributed by atoms with Crippen LogP contribution in [0.3, 0.4) is 0 Å². The van der Waals surface area contributed by atoms with Gasteiger partial charge >= 0.3 is 0 Å². The van der Waals surface area contributed by atoms with Crippen molar-refractivity contribution < 1.29 is 13.9 Å². The van der Waals surface area contributed by atoms with Gasteiger partial charge in [0.1, 0.15) is 5.82 Å². The number of benzene rings is 1. The number of rotatable bonds is 7. The largest absolute Gasteiger partial charge is 0.383 e. The fraction of sp³-hybridized carbons (Fsp3) is 0.562. The average Bonchev–Trinajstić information content (AvgIpc) is 2.90. The van der Waals surface area contributed by atoms with Gasteiger partial charge in [-0.05, 0) is 37.1 Å². The van der Waals surface area contributed by atoms with E-state index in [0.29, 0.717) is 24.8 Å². The predicted molar refractivity (Wildman–Crippen MR) is 79.6 cm³/mol. The molecule has 5 heteroatoms. The molecule has 0 radical (unpaired) electrons. The van der Waals surface area contributed by atoms with Crippen LogP contribution in [0.5, 0.6) is 0 Å². The highest BCUT2D eigenvalue weighted by atomic mass is 19.1. The molecule has 2 rings (SSSR count). The van der Waals surface area contributed by atoms with Gasteiger partial charge in [-0.15, -0.1) is 0 Å². The summed E-state index contributed by atoms with van der Waals surface area (Å²) < 4.78 is 18.2. The molecule has 1 heterocycles. The molecule has 116 valence electrons. The molecule has 21 heavy (non-hydrogen) atoms. The number of carbonyl (C=O) groups excluding carboxylic acids is 1. The van der Waals surface area contributed by atoms with E-state index >= 15 is 0 Å². The normalized spacial score (nSPS) is 18.9. The van der Waals surface area contributed by atoms with E-state index in [1.165, 1.54) is 12.1 Å².